The van der Waals surface area contributed by atoms with Gasteiger partial charge in [-0.15, -0.1) is 0 Å². The highest BCUT2D eigenvalue weighted by Crippen LogP contribution is 2.26. The molecular weight excluding hydrogens is 350 g/mol. The van der Waals surface area contributed by atoms with Crippen LogP contribution in [0.3, 0.4) is 0 Å². The number of rotatable bonds is 4. The molecule has 106 valence electrons. The molecular formula is C16H13BrClN3. The summed E-state index contributed by atoms with van der Waals surface area (Å²) in [7, 11) is 0. The van der Waals surface area contributed by atoms with Gasteiger partial charge in [0.05, 0.1) is 22.6 Å². The zero-order valence-electron chi connectivity index (χ0n) is 11.1. The SMILES string of the molecule is Clc1cc(Br)ccc1NCc1cnn(-c2ccccc2)c1. The van der Waals surface area contributed by atoms with E-state index in [2.05, 4.69) is 26.3 Å². The quantitative estimate of drug-likeness (QED) is 0.715. The van der Waals surface area contributed by atoms with Gasteiger partial charge in [0.25, 0.3) is 0 Å². The average molecular weight is 363 g/mol. The first-order chi connectivity index (χ1) is 10.2. The Morgan fingerprint density at radius 2 is 1.95 bits per heavy atom. The number of hydrogen-bond donors (Lipinski definition) is 1. The van der Waals surface area contributed by atoms with Crippen LogP contribution in [-0.2, 0) is 6.54 Å². The Morgan fingerprint density at radius 1 is 1.14 bits per heavy atom. The molecule has 3 nitrogen and oxygen atoms in total. The number of halogens is 2. The van der Waals surface area contributed by atoms with Crippen LogP contribution in [0.1, 0.15) is 5.56 Å². The molecule has 3 rings (SSSR count). The third kappa shape index (κ3) is 3.46. The number of benzene rings is 2. The van der Waals surface area contributed by atoms with Crippen LogP contribution in [0.15, 0.2) is 65.4 Å². The summed E-state index contributed by atoms with van der Waals surface area (Å²) in [6.07, 6.45) is 3.86. The zero-order valence-corrected chi connectivity index (χ0v) is 13.5. The van der Waals surface area contributed by atoms with Gasteiger partial charge in [0, 0.05) is 22.8 Å². The highest BCUT2D eigenvalue weighted by molar-refractivity contribution is 9.10. The number of anilines is 1. The summed E-state index contributed by atoms with van der Waals surface area (Å²) < 4.78 is 2.83. The maximum Gasteiger partial charge on any atom is 0.0648 e. The highest BCUT2D eigenvalue weighted by Gasteiger charge is 2.03. The van der Waals surface area contributed by atoms with Crippen LogP contribution in [0.4, 0.5) is 5.69 Å². The van der Waals surface area contributed by atoms with Gasteiger partial charge in [0.2, 0.25) is 0 Å². The van der Waals surface area contributed by atoms with Gasteiger partial charge in [-0.1, -0.05) is 45.7 Å². The molecule has 0 aliphatic heterocycles. The van der Waals surface area contributed by atoms with Gasteiger partial charge in [-0.2, -0.15) is 5.10 Å². The van der Waals surface area contributed by atoms with Crippen LogP contribution in [0.2, 0.25) is 5.02 Å². The second-order valence-corrected chi connectivity index (χ2v) is 5.93. The van der Waals surface area contributed by atoms with E-state index < -0.39 is 0 Å². The van der Waals surface area contributed by atoms with Crippen molar-refractivity contribution in [3.63, 3.8) is 0 Å². The van der Waals surface area contributed by atoms with Gasteiger partial charge in [-0.25, -0.2) is 4.68 Å². The van der Waals surface area contributed by atoms with Crippen molar-refractivity contribution in [1.29, 1.82) is 0 Å². The minimum Gasteiger partial charge on any atom is -0.380 e. The number of nitrogens with zero attached hydrogens (tertiary/aromatic N) is 2. The van der Waals surface area contributed by atoms with Crippen molar-refractivity contribution in [3.8, 4) is 5.69 Å². The van der Waals surface area contributed by atoms with E-state index in [1.54, 1.807) is 0 Å². The molecule has 0 bridgehead atoms. The second kappa shape index (κ2) is 6.33. The maximum absolute atomic E-state index is 6.18. The van der Waals surface area contributed by atoms with Crippen molar-refractivity contribution >= 4 is 33.2 Å². The van der Waals surface area contributed by atoms with Crippen LogP contribution in [0, 0.1) is 0 Å². The highest BCUT2D eigenvalue weighted by atomic mass is 79.9. The molecule has 0 atom stereocenters. The normalized spacial score (nSPS) is 10.6. The first-order valence-corrected chi connectivity index (χ1v) is 7.67. The van der Waals surface area contributed by atoms with E-state index in [0.717, 1.165) is 21.4 Å². The largest absolute Gasteiger partial charge is 0.380 e. The van der Waals surface area contributed by atoms with Gasteiger partial charge in [0.1, 0.15) is 0 Å². The number of hydrogen-bond acceptors (Lipinski definition) is 2. The first kappa shape index (κ1) is 14.2. The van der Waals surface area contributed by atoms with E-state index >= 15 is 0 Å². The molecule has 0 amide bonds. The summed E-state index contributed by atoms with van der Waals surface area (Å²) in [4.78, 5) is 0. The third-order valence-corrected chi connectivity index (χ3v) is 3.88. The standard InChI is InChI=1S/C16H13BrClN3/c17-13-6-7-16(15(18)8-13)19-9-12-10-20-21(11-12)14-4-2-1-3-5-14/h1-8,10-11,19H,9H2. The molecule has 0 saturated carbocycles. The Hall–Kier alpha value is -1.78. The van der Waals surface area contributed by atoms with Crippen LogP contribution in [0.25, 0.3) is 5.69 Å². The van der Waals surface area contributed by atoms with Crippen molar-refractivity contribution in [3.05, 3.63) is 76.0 Å². The molecule has 0 spiro atoms. The van der Waals surface area contributed by atoms with E-state index in [0.29, 0.717) is 11.6 Å². The molecule has 1 aromatic heterocycles. The molecule has 0 radical (unpaired) electrons. The van der Waals surface area contributed by atoms with Crippen molar-refractivity contribution in [2.75, 3.05) is 5.32 Å². The fourth-order valence-corrected chi connectivity index (χ4v) is 2.74. The van der Waals surface area contributed by atoms with Crippen molar-refractivity contribution < 1.29 is 0 Å². The minimum atomic E-state index is 0.675. The van der Waals surface area contributed by atoms with Gasteiger partial charge < -0.3 is 5.32 Å². The van der Waals surface area contributed by atoms with Gasteiger partial charge in [0.15, 0.2) is 0 Å². The van der Waals surface area contributed by atoms with Crippen molar-refractivity contribution in [2.45, 2.75) is 6.54 Å². The summed E-state index contributed by atoms with van der Waals surface area (Å²) in [5.74, 6) is 0. The number of nitrogens with one attached hydrogen (secondary N) is 1. The molecule has 21 heavy (non-hydrogen) atoms. The van der Waals surface area contributed by atoms with E-state index in [9.17, 15) is 0 Å². The third-order valence-electron chi connectivity index (χ3n) is 3.07. The Morgan fingerprint density at radius 3 is 2.71 bits per heavy atom. The van der Waals surface area contributed by atoms with Crippen LogP contribution < -0.4 is 5.32 Å². The molecule has 0 aliphatic rings. The number of aromatic nitrogens is 2. The minimum absolute atomic E-state index is 0.675. The number of para-hydroxylation sites is 1. The Kier molecular flexibility index (Phi) is 4.27. The molecule has 0 aliphatic carbocycles. The Balaban J connectivity index is 1.70. The molecule has 0 unspecified atom stereocenters. The molecule has 0 fully saturated rings. The van der Waals surface area contributed by atoms with Crippen LogP contribution >= 0.6 is 27.5 Å². The van der Waals surface area contributed by atoms with Crippen LogP contribution in [-0.4, -0.2) is 9.78 Å². The van der Waals surface area contributed by atoms with Gasteiger partial charge in [-0.3, -0.25) is 0 Å². The zero-order chi connectivity index (χ0) is 14.7. The summed E-state index contributed by atoms with van der Waals surface area (Å²) in [6.45, 7) is 0.675. The van der Waals surface area contributed by atoms with E-state index in [-0.39, 0.29) is 0 Å². The van der Waals surface area contributed by atoms with Crippen LogP contribution in [0.5, 0.6) is 0 Å². The lowest BCUT2D eigenvalue weighted by molar-refractivity contribution is 0.880. The van der Waals surface area contributed by atoms with E-state index in [4.69, 9.17) is 11.6 Å². The lowest BCUT2D eigenvalue weighted by Crippen LogP contribution is -1.99. The maximum atomic E-state index is 6.18. The molecule has 1 heterocycles. The lowest BCUT2D eigenvalue weighted by Gasteiger charge is -2.07. The Bertz CT molecular complexity index is 740. The van der Waals surface area contributed by atoms with Crippen molar-refractivity contribution in [2.24, 2.45) is 0 Å². The Labute approximate surface area is 136 Å². The fraction of sp³-hybridized carbons (Fsp3) is 0.0625. The van der Waals surface area contributed by atoms with E-state index in [1.165, 1.54) is 0 Å². The first-order valence-electron chi connectivity index (χ1n) is 6.50. The molecule has 0 saturated heterocycles. The van der Waals surface area contributed by atoms with Gasteiger partial charge >= 0.3 is 0 Å². The monoisotopic (exact) mass is 361 g/mol. The second-order valence-electron chi connectivity index (χ2n) is 4.61. The summed E-state index contributed by atoms with van der Waals surface area (Å²) >= 11 is 9.58. The fourth-order valence-electron chi connectivity index (χ4n) is 2.00. The molecule has 1 N–H and O–H groups in total. The molecule has 5 heteroatoms. The summed E-state index contributed by atoms with van der Waals surface area (Å²) in [5.41, 5.74) is 3.05. The lowest BCUT2D eigenvalue weighted by atomic mass is 10.3. The summed E-state index contributed by atoms with van der Waals surface area (Å²) in [6, 6.07) is 15.8. The molecule has 2 aromatic carbocycles. The average Bonchev–Trinajstić information content (AvgIpc) is 2.96. The summed E-state index contributed by atoms with van der Waals surface area (Å²) in [5, 5.41) is 8.38. The topological polar surface area (TPSA) is 29.9 Å². The molecule has 3 aromatic rings. The smallest absolute Gasteiger partial charge is 0.0648 e. The van der Waals surface area contributed by atoms with Gasteiger partial charge in [-0.05, 0) is 30.3 Å². The van der Waals surface area contributed by atoms with E-state index in [1.807, 2.05) is 65.6 Å². The predicted octanol–water partition coefficient (Wildman–Crippen LogP) is 4.90. The predicted molar refractivity (Wildman–Crippen MR) is 90.0 cm³/mol. The van der Waals surface area contributed by atoms with Crippen molar-refractivity contribution in [1.82, 2.24) is 9.78 Å².